The van der Waals surface area contributed by atoms with Crippen molar-refractivity contribution >= 4 is 35.6 Å². The lowest BCUT2D eigenvalue weighted by atomic mass is 10.1. The summed E-state index contributed by atoms with van der Waals surface area (Å²) >= 11 is 0. The Kier molecular flexibility index (Phi) is 8.23. The first kappa shape index (κ1) is 23.1. The Labute approximate surface area is 182 Å². The fourth-order valence-electron chi connectivity index (χ4n) is 3.82. The van der Waals surface area contributed by atoms with Crippen LogP contribution in [0.1, 0.15) is 12.0 Å². The van der Waals surface area contributed by atoms with Gasteiger partial charge in [-0.2, -0.15) is 13.2 Å². The van der Waals surface area contributed by atoms with Gasteiger partial charge in [-0.15, -0.1) is 24.0 Å². The van der Waals surface area contributed by atoms with Crippen LogP contribution in [-0.2, 0) is 6.18 Å². The molecule has 1 atom stereocenters. The monoisotopic (exact) mass is 511 g/mol. The second-order valence-electron chi connectivity index (χ2n) is 7.37. The Bertz CT molecular complexity index is 659. The van der Waals surface area contributed by atoms with Gasteiger partial charge in [-0.05, 0) is 44.1 Å². The highest BCUT2D eigenvalue weighted by Gasteiger charge is 2.31. The highest BCUT2D eigenvalue weighted by molar-refractivity contribution is 14.0. The van der Waals surface area contributed by atoms with Gasteiger partial charge in [-0.1, -0.05) is 6.07 Å². The Morgan fingerprint density at radius 3 is 2.46 bits per heavy atom. The normalized spacial score (nSPS) is 21.6. The minimum atomic E-state index is -4.31. The van der Waals surface area contributed by atoms with Gasteiger partial charge in [-0.3, -0.25) is 4.99 Å². The third kappa shape index (κ3) is 5.88. The predicted octanol–water partition coefficient (Wildman–Crippen LogP) is 2.97. The van der Waals surface area contributed by atoms with E-state index in [9.17, 15) is 13.2 Å². The molecule has 1 aromatic carbocycles. The summed E-state index contributed by atoms with van der Waals surface area (Å²) in [7, 11) is 3.92. The van der Waals surface area contributed by atoms with Gasteiger partial charge in [0.1, 0.15) is 0 Å². The number of halogens is 4. The third-order valence-corrected chi connectivity index (χ3v) is 5.37. The summed E-state index contributed by atoms with van der Waals surface area (Å²) in [6.07, 6.45) is -3.11. The molecular weight excluding hydrogens is 482 g/mol. The predicted molar refractivity (Wildman–Crippen MR) is 118 cm³/mol. The van der Waals surface area contributed by atoms with Crippen LogP contribution in [0.2, 0.25) is 0 Å². The second-order valence-corrected chi connectivity index (χ2v) is 7.37. The van der Waals surface area contributed by atoms with Crippen molar-refractivity contribution in [2.45, 2.75) is 12.6 Å². The number of hydrogen-bond acceptors (Lipinski definition) is 3. The summed E-state index contributed by atoms with van der Waals surface area (Å²) in [5, 5.41) is 3.47. The number of aliphatic imine (C=N–C) groups is 1. The van der Waals surface area contributed by atoms with Crippen LogP contribution < -0.4 is 10.2 Å². The third-order valence-electron chi connectivity index (χ3n) is 5.37. The van der Waals surface area contributed by atoms with Crippen molar-refractivity contribution in [2.75, 3.05) is 64.8 Å². The highest BCUT2D eigenvalue weighted by Crippen LogP contribution is 2.31. The zero-order valence-electron chi connectivity index (χ0n) is 16.4. The van der Waals surface area contributed by atoms with E-state index in [-0.39, 0.29) is 24.0 Å². The van der Waals surface area contributed by atoms with Crippen LogP contribution in [0.4, 0.5) is 18.9 Å². The van der Waals surface area contributed by atoms with Crippen LogP contribution in [-0.4, -0.2) is 75.7 Å². The number of nitrogens with zero attached hydrogens (tertiary/aromatic N) is 4. The summed E-state index contributed by atoms with van der Waals surface area (Å²) in [5.74, 6) is 1.52. The van der Waals surface area contributed by atoms with E-state index in [0.29, 0.717) is 24.7 Å². The van der Waals surface area contributed by atoms with Gasteiger partial charge in [0.25, 0.3) is 0 Å². The van der Waals surface area contributed by atoms with E-state index in [4.69, 9.17) is 0 Å². The summed E-state index contributed by atoms with van der Waals surface area (Å²) in [6.45, 7) is 5.97. The molecule has 9 heteroatoms. The van der Waals surface area contributed by atoms with Crippen LogP contribution in [0.5, 0.6) is 0 Å². The molecule has 2 aliphatic heterocycles. The Balaban J connectivity index is 0.00000280. The SMILES string of the molecule is CN=C(NCC1CCN(C)C1)N1CCN(c2cccc(C(F)(F)F)c2)CC1.I. The van der Waals surface area contributed by atoms with Crippen molar-refractivity contribution in [1.29, 1.82) is 0 Å². The number of anilines is 1. The molecule has 0 aromatic heterocycles. The minimum Gasteiger partial charge on any atom is -0.368 e. The molecule has 3 rings (SSSR count). The molecule has 0 bridgehead atoms. The van der Waals surface area contributed by atoms with Crippen molar-refractivity contribution in [2.24, 2.45) is 10.9 Å². The van der Waals surface area contributed by atoms with Crippen molar-refractivity contribution in [3.8, 4) is 0 Å². The average Bonchev–Trinajstić information content (AvgIpc) is 3.07. The van der Waals surface area contributed by atoms with Crippen molar-refractivity contribution in [3.63, 3.8) is 0 Å². The highest BCUT2D eigenvalue weighted by atomic mass is 127. The topological polar surface area (TPSA) is 34.1 Å². The fourth-order valence-corrected chi connectivity index (χ4v) is 3.82. The molecule has 0 aliphatic carbocycles. The van der Waals surface area contributed by atoms with Gasteiger partial charge in [0, 0.05) is 52.0 Å². The summed E-state index contributed by atoms with van der Waals surface area (Å²) in [4.78, 5) is 10.9. The zero-order chi connectivity index (χ0) is 19.4. The zero-order valence-corrected chi connectivity index (χ0v) is 18.7. The van der Waals surface area contributed by atoms with Crippen molar-refractivity contribution in [1.82, 2.24) is 15.1 Å². The molecule has 158 valence electrons. The smallest absolute Gasteiger partial charge is 0.368 e. The Morgan fingerprint density at radius 2 is 1.89 bits per heavy atom. The van der Waals surface area contributed by atoms with E-state index < -0.39 is 11.7 Å². The van der Waals surface area contributed by atoms with Crippen LogP contribution >= 0.6 is 24.0 Å². The molecule has 5 nitrogen and oxygen atoms in total. The van der Waals surface area contributed by atoms with Gasteiger partial charge in [0.05, 0.1) is 5.56 Å². The van der Waals surface area contributed by atoms with Crippen LogP contribution in [0, 0.1) is 5.92 Å². The Hall–Kier alpha value is -1.23. The van der Waals surface area contributed by atoms with Gasteiger partial charge < -0.3 is 20.0 Å². The number of guanidine groups is 1. The first-order valence-electron chi connectivity index (χ1n) is 9.43. The minimum absolute atomic E-state index is 0. The van der Waals surface area contributed by atoms with Gasteiger partial charge in [-0.25, -0.2) is 0 Å². The Morgan fingerprint density at radius 1 is 1.18 bits per heavy atom. The first-order chi connectivity index (χ1) is 12.9. The largest absolute Gasteiger partial charge is 0.416 e. The van der Waals surface area contributed by atoms with Gasteiger partial charge in [0.2, 0.25) is 0 Å². The van der Waals surface area contributed by atoms with Crippen LogP contribution in [0.15, 0.2) is 29.3 Å². The standard InChI is InChI=1S/C19H28F3N5.HI/c1-23-18(24-13-15-6-7-25(2)14-15)27-10-8-26(9-11-27)17-5-3-4-16(12-17)19(20,21)22;/h3-5,12,15H,6-11,13-14H2,1-2H3,(H,23,24);1H. The van der Waals surface area contributed by atoms with E-state index in [0.717, 1.165) is 44.7 Å². The van der Waals surface area contributed by atoms with Gasteiger partial charge in [0.15, 0.2) is 5.96 Å². The maximum absolute atomic E-state index is 12.9. The molecule has 2 fully saturated rings. The molecule has 1 N–H and O–H groups in total. The summed E-state index contributed by atoms with van der Waals surface area (Å²) in [6, 6.07) is 5.57. The number of rotatable bonds is 3. The fraction of sp³-hybridized carbons (Fsp3) is 0.632. The van der Waals surface area contributed by atoms with Gasteiger partial charge >= 0.3 is 6.18 Å². The maximum Gasteiger partial charge on any atom is 0.416 e. The molecule has 2 heterocycles. The van der Waals surface area contributed by atoms with Crippen LogP contribution in [0.3, 0.4) is 0 Å². The second kappa shape index (κ2) is 10.00. The average molecular weight is 511 g/mol. The number of benzene rings is 1. The first-order valence-corrected chi connectivity index (χ1v) is 9.43. The molecule has 0 amide bonds. The van der Waals surface area contributed by atoms with Crippen molar-refractivity contribution in [3.05, 3.63) is 29.8 Å². The molecule has 0 saturated carbocycles. The number of alkyl halides is 3. The van der Waals surface area contributed by atoms with E-state index in [2.05, 4.69) is 27.2 Å². The van der Waals surface area contributed by atoms with E-state index in [1.165, 1.54) is 18.6 Å². The quantitative estimate of drug-likeness (QED) is 0.385. The lowest BCUT2D eigenvalue weighted by Gasteiger charge is -2.38. The molecule has 1 aromatic rings. The summed E-state index contributed by atoms with van der Waals surface area (Å²) in [5.41, 5.74) is 0.0304. The molecule has 0 radical (unpaired) electrons. The number of likely N-dealkylation sites (tertiary alicyclic amines) is 1. The maximum atomic E-state index is 12.9. The summed E-state index contributed by atoms with van der Waals surface area (Å²) < 4.78 is 38.8. The molecule has 28 heavy (non-hydrogen) atoms. The van der Waals surface area contributed by atoms with E-state index in [1.807, 2.05) is 4.90 Å². The molecule has 0 spiro atoms. The number of piperazine rings is 1. The molecular formula is C19H29F3IN5. The van der Waals surface area contributed by atoms with E-state index >= 15 is 0 Å². The number of hydrogen-bond donors (Lipinski definition) is 1. The lowest BCUT2D eigenvalue weighted by Crippen LogP contribution is -2.53. The van der Waals surface area contributed by atoms with Crippen molar-refractivity contribution < 1.29 is 13.2 Å². The molecule has 2 saturated heterocycles. The van der Waals surface area contributed by atoms with Crippen LogP contribution in [0.25, 0.3) is 0 Å². The lowest BCUT2D eigenvalue weighted by molar-refractivity contribution is -0.137. The molecule has 1 unspecified atom stereocenters. The van der Waals surface area contributed by atoms with E-state index in [1.54, 1.807) is 13.1 Å². The number of nitrogens with one attached hydrogen (secondary N) is 1. The molecule has 2 aliphatic rings.